The minimum atomic E-state index is -0.334. The lowest BCUT2D eigenvalue weighted by Crippen LogP contribution is -2.20. The lowest BCUT2D eigenvalue weighted by molar-refractivity contribution is -0.118. The quantitative estimate of drug-likeness (QED) is 0.317. The zero-order valence-corrected chi connectivity index (χ0v) is 19.0. The maximum atomic E-state index is 12.0. The van der Waals surface area contributed by atoms with E-state index in [9.17, 15) is 9.59 Å². The van der Waals surface area contributed by atoms with Crippen molar-refractivity contribution in [2.75, 3.05) is 11.9 Å². The van der Waals surface area contributed by atoms with Crippen LogP contribution in [0.1, 0.15) is 15.9 Å². The molecule has 0 aliphatic carbocycles. The number of carbonyl (C=O) groups excluding carboxylic acids is 2. The fourth-order valence-corrected chi connectivity index (χ4v) is 3.13. The predicted octanol–water partition coefficient (Wildman–Crippen LogP) is 5.54. The number of halogens is 3. The van der Waals surface area contributed by atoms with Crippen molar-refractivity contribution in [2.24, 2.45) is 5.10 Å². The van der Waals surface area contributed by atoms with E-state index < -0.39 is 0 Å². The molecule has 0 radical (unpaired) electrons. The number of nitrogens with one attached hydrogen (secondary N) is 2. The molecular weight excluding hydrogens is 505 g/mol. The fourth-order valence-electron chi connectivity index (χ4n) is 2.43. The highest BCUT2D eigenvalue weighted by atomic mass is 79.9. The van der Waals surface area contributed by atoms with E-state index in [0.29, 0.717) is 27.0 Å². The lowest BCUT2D eigenvalue weighted by atomic mass is 10.2. The Bertz CT molecular complexity index is 1120. The van der Waals surface area contributed by atoms with Gasteiger partial charge in [-0.1, -0.05) is 45.2 Å². The third-order valence-corrected chi connectivity index (χ3v) is 5.15. The molecule has 0 aromatic heterocycles. The molecule has 6 nitrogen and oxygen atoms in total. The molecule has 0 fully saturated rings. The van der Waals surface area contributed by atoms with Gasteiger partial charge in [-0.3, -0.25) is 9.59 Å². The van der Waals surface area contributed by atoms with Gasteiger partial charge in [0.1, 0.15) is 5.75 Å². The molecule has 0 unspecified atom stereocenters. The third-order valence-electron chi connectivity index (χ3n) is 3.92. The summed E-state index contributed by atoms with van der Waals surface area (Å²) in [7, 11) is 0. The summed E-state index contributed by atoms with van der Waals surface area (Å²) in [4.78, 5) is 24.1. The molecule has 0 heterocycles. The van der Waals surface area contributed by atoms with Crippen LogP contribution in [0.3, 0.4) is 0 Å². The Labute approximate surface area is 197 Å². The van der Waals surface area contributed by atoms with Gasteiger partial charge in [0, 0.05) is 15.7 Å². The molecule has 3 aromatic rings. The van der Waals surface area contributed by atoms with Crippen LogP contribution in [0.2, 0.25) is 10.0 Å². The van der Waals surface area contributed by atoms with Crippen molar-refractivity contribution in [3.8, 4) is 5.75 Å². The highest BCUT2D eigenvalue weighted by Crippen LogP contribution is 2.25. The van der Waals surface area contributed by atoms with Crippen LogP contribution in [0.15, 0.2) is 76.3 Å². The zero-order chi connectivity index (χ0) is 22.2. The van der Waals surface area contributed by atoms with Gasteiger partial charge in [0.15, 0.2) is 6.61 Å². The van der Waals surface area contributed by atoms with E-state index in [1.165, 1.54) is 6.21 Å². The van der Waals surface area contributed by atoms with Gasteiger partial charge in [-0.25, -0.2) is 5.43 Å². The summed E-state index contributed by atoms with van der Waals surface area (Å²) in [5.74, 6) is -0.135. The molecule has 0 atom stereocenters. The van der Waals surface area contributed by atoms with E-state index in [-0.39, 0.29) is 18.4 Å². The molecule has 3 rings (SSSR count). The molecule has 0 saturated heterocycles. The van der Waals surface area contributed by atoms with Gasteiger partial charge in [-0.05, 0) is 66.2 Å². The highest BCUT2D eigenvalue weighted by Gasteiger charge is 2.06. The van der Waals surface area contributed by atoms with E-state index in [2.05, 4.69) is 31.8 Å². The number of hydrazone groups is 1. The first-order chi connectivity index (χ1) is 14.9. The Hall–Kier alpha value is -2.87. The molecule has 31 heavy (non-hydrogen) atoms. The largest absolute Gasteiger partial charge is 0.484 e. The Balaban J connectivity index is 1.47. The summed E-state index contributed by atoms with van der Waals surface area (Å²) in [6, 6.07) is 18.7. The van der Waals surface area contributed by atoms with Crippen molar-refractivity contribution in [3.05, 3.63) is 92.4 Å². The Kier molecular flexibility index (Phi) is 8.06. The predicted molar refractivity (Wildman–Crippen MR) is 126 cm³/mol. The molecule has 0 saturated carbocycles. The summed E-state index contributed by atoms with van der Waals surface area (Å²) in [6.45, 7) is -0.170. The first-order valence-electron chi connectivity index (χ1n) is 8.97. The van der Waals surface area contributed by atoms with Crippen LogP contribution in [-0.2, 0) is 4.79 Å². The van der Waals surface area contributed by atoms with Gasteiger partial charge in [0.25, 0.3) is 11.8 Å². The Morgan fingerprint density at radius 2 is 1.77 bits per heavy atom. The van der Waals surface area contributed by atoms with Gasteiger partial charge in [-0.2, -0.15) is 5.10 Å². The third kappa shape index (κ3) is 7.10. The summed E-state index contributed by atoms with van der Waals surface area (Å²) in [5, 5.41) is 7.38. The van der Waals surface area contributed by atoms with E-state index >= 15 is 0 Å². The minimum absolute atomic E-state index is 0.170. The fraction of sp³-hybridized carbons (Fsp3) is 0.0455. The maximum absolute atomic E-state index is 12.0. The molecular formula is C22H16BrCl2N3O3. The number of hydrogen-bond donors (Lipinski definition) is 2. The second-order valence-electron chi connectivity index (χ2n) is 6.24. The normalized spacial score (nSPS) is 10.7. The van der Waals surface area contributed by atoms with Crippen LogP contribution in [0, 0.1) is 0 Å². The number of carbonyl (C=O) groups is 2. The molecule has 158 valence electrons. The van der Waals surface area contributed by atoms with Crippen molar-refractivity contribution >= 4 is 62.8 Å². The van der Waals surface area contributed by atoms with Gasteiger partial charge in [-0.15, -0.1) is 0 Å². The van der Waals surface area contributed by atoms with Crippen molar-refractivity contribution < 1.29 is 14.3 Å². The first-order valence-corrected chi connectivity index (χ1v) is 10.5. The van der Waals surface area contributed by atoms with Gasteiger partial charge in [0.05, 0.1) is 16.3 Å². The molecule has 0 spiro atoms. The topological polar surface area (TPSA) is 79.8 Å². The molecule has 9 heteroatoms. The van der Waals surface area contributed by atoms with Crippen LogP contribution in [0.25, 0.3) is 0 Å². The minimum Gasteiger partial charge on any atom is -0.484 e. The first kappa shape index (κ1) is 22.8. The average Bonchev–Trinajstić information content (AvgIpc) is 2.76. The van der Waals surface area contributed by atoms with Crippen molar-refractivity contribution in [1.29, 1.82) is 0 Å². The monoisotopic (exact) mass is 519 g/mol. The maximum Gasteiger partial charge on any atom is 0.271 e. The summed E-state index contributed by atoms with van der Waals surface area (Å²) < 4.78 is 6.28. The second-order valence-corrected chi connectivity index (χ2v) is 7.97. The number of benzene rings is 3. The van der Waals surface area contributed by atoms with Gasteiger partial charge in [0.2, 0.25) is 0 Å². The van der Waals surface area contributed by atoms with Crippen LogP contribution in [0.4, 0.5) is 5.69 Å². The van der Waals surface area contributed by atoms with Crippen LogP contribution >= 0.6 is 39.1 Å². The SMILES string of the molecule is O=C(COc1ccc(/C=N\NC(=O)c2cccc(Br)c2)cc1)Nc1ccc(Cl)c(Cl)c1. The van der Waals surface area contributed by atoms with E-state index in [0.717, 1.165) is 10.0 Å². The molecule has 3 aromatic carbocycles. The Morgan fingerprint density at radius 1 is 1.00 bits per heavy atom. The summed E-state index contributed by atoms with van der Waals surface area (Å²) in [6.07, 6.45) is 1.51. The van der Waals surface area contributed by atoms with E-state index in [4.69, 9.17) is 27.9 Å². The molecule has 2 N–H and O–H groups in total. The molecule has 0 aliphatic rings. The number of rotatable bonds is 7. The second kappa shape index (κ2) is 10.9. The van der Waals surface area contributed by atoms with Gasteiger partial charge >= 0.3 is 0 Å². The zero-order valence-electron chi connectivity index (χ0n) is 15.9. The number of amides is 2. The summed E-state index contributed by atoms with van der Waals surface area (Å²) >= 11 is 15.1. The highest BCUT2D eigenvalue weighted by molar-refractivity contribution is 9.10. The van der Waals surface area contributed by atoms with Crippen LogP contribution in [0.5, 0.6) is 5.75 Å². The van der Waals surface area contributed by atoms with E-state index in [1.54, 1.807) is 60.7 Å². The Morgan fingerprint density at radius 3 is 2.48 bits per heavy atom. The van der Waals surface area contributed by atoms with Gasteiger partial charge < -0.3 is 10.1 Å². The number of anilines is 1. The lowest BCUT2D eigenvalue weighted by Gasteiger charge is -2.08. The number of nitrogens with zero attached hydrogens (tertiary/aromatic N) is 1. The standard InChI is InChI=1S/C22H16BrCl2N3O3/c23-16-3-1-2-15(10-16)22(30)28-26-12-14-4-7-18(8-5-14)31-13-21(29)27-17-6-9-19(24)20(25)11-17/h1-12H,13H2,(H,27,29)(H,28,30)/b26-12-. The summed E-state index contributed by atoms with van der Waals surface area (Å²) in [5.41, 5.74) is 4.24. The van der Waals surface area contributed by atoms with Crippen molar-refractivity contribution in [3.63, 3.8) is 0 Å². The van der Waals surface area contributed by atoms with Crippen molar-refractivity contribution in [1.82, 2.24) is 5.43 Å². The number of hydrogen-bond acceptors (Lipinski definition) is 4. The molecule has 0 bridgehead atoms. The van der Waals surface area contributed by atoms with Crippen LogP contribution < -0.4 is 15.5 Å². The molecule has 2 amide bonds. The molecule has 0 aliphatic heterocycles. The smallest absolute Gasteiger partial charge is 0.271 e. The van der Waals surface area contributed by atoms with Crippen molar-refractivity contribution in [2.45, 2.75) is 0 Å². The number of ether oxygens (including phenoxy) is 1. The van der Waals surface area contributed by atoms with E-state index in [1.807, 2.05) is 6.07 Å². The average molecular weight is 521 g/mol. The van der Waals surface area contributed by atoms with Crippen LogP contribution in [-0.4, -0.2) is 24.6 Å².